The van der Waals surface area contributed by atoms with E-state index in [4.69, 9.17) is 10.5 Å². The van der Waals surface area contributed by atoms with Gasteiger partial charge in [0, 0.05) is 80.3 Å². The minimum atomic E-state index is 0.350. The molecule has 4 heterocycles. The number of aryl methyl sites for hydroxylation is 1. The fourth-order valence-corrected chi connectivity index (χ4v) is 4.23. The van der Waals surface area contributed by atoms with E-state index in [-0.39, 0.29) is 0 Å². The van der Waals surface area contributed by atoms with Gasteiger partial charge in [-0.2, -0.15) is 10.2 Å². The van der Waals surface area contributed by atoms with Gasteiger partial charge in [-0.25, -0.2) is 14.2 Å². The largest absolute Gasteiger partial charge is 0.366 e. The molecule has 0 aliphatic carbocycles. The molecule has 1 aliphatic rings. The van der Waals surface area contributed by atoms with Crippen LogP contribution in [0, 0.1) is 12.3 Å². The topological polar surface area (TPSA) is 99.5 Å². The Morgan fingerprint density at radius 2 is 2.09 bits per heavy atom. The molecule has 5 rings (SSSR count). The van der Waals surface area contributed by atoms with Crippen molar-refractivity contribution in [2.45, 2.75) is 26.3 Å². The quantitative estimate of drug-likeness (QED) is 0.364. The summed E-state index contributed by atoms with van der Waals surface area (Å²) in [5.41, 5.74) is 6.07. The first-order valence-corrected chi connectivity index (χ1v) is 11.7. The summed E-state index contributed by atoms with van der Waals surface area (Å²) in [4.78, 5) is 10.9. The molecular weight excluding hydrogens is 438 g/mol. The van der Waals surface area contributed by atoms with E-state index >= 15 is 0 Å². The average Bonchev–Trinajstić information content (AvgIpc) is 3.46. The lowest BCUT2D eigenvalue weighted by molar-refractivity contribution is 0.162. The lowest BCUT2D eigenvalue weighted by Gasteiger charge is -2.38. The third-order valence-corrected chi connectivity index (χ3v) is 6.18. The zero-order chi connectivity index (χ0) is 24.2. The molecule has 0 radical (unpaired) electrons. The summed E-state index contributed by atoms with van der Waals surface area (Å²) in [5.74, 6) is 1.29. The van der Waals surface area contributed by atoms with Crippen LogP contribution in [0.4, 0.5) is 5.82 Å². The zero-order valence-electron chi connectivity index (χ0n) is 20.0. The lowest BCUT2D eigenvalue weighted by atomic mass is 9.96. The van der Waals surface area contributed by atoms with E-state index < -0.39 is 0 Å². The normalized spacial score (nSPS) is 15.1. The highest BCUT2D eigenvalue weighted by atomic mass is 15.3. The predicted octanol–water partition coefficient (Wildman–Crippen LogP) is 3.86. The van der Waals surface area contributed by atoms with Gasteiger partial charge in [0.1, 0.15) is 5.82 Å². The number of anilines is 1. The highest BCUT2D eigenvalue weighted by Gasteiger charge is 2.31. The van der Waals surface area contributed by atoms with Gasteiger partial charge in [0.2, 0.25) is 0 Å². The molecule has 4 aromatic rings. The first-order valence-electron chi connectivity index (χ1n) is 11.7. The van der Waals surface area contributed by atoms with Crippen LogP contribution in [0.15, 0.2) is 71.8 Å². The number of aromatic nitrogens is 5. The van der Waals surface area contributed by atoms with Crippen LogP contribution in [0.5, 0.6) is 0 Å². The van der Waals surface area contributed by atoms with Gasteiger partial charge >= 0.3 is 0 Å². The van der Waals surface area contributed by atoms with Gasteiger partial charge in [-0.3, -0.25) is 9.89 Å². The predicted molar refractivity (Wildman–Crippen MR) is 139 cm³/mol. The van der Waals surface area contributed by atoms with E-state index in [0.29, 0.717) is 12.5 Å². The lowest BCUT2D eigenvalue weighted by Crippen LogP contribution is -2.46. The van der Waals surface area contributed by atoms with Crippen LogP contribution < -0.4 is 5.32 Å². The first-order chi connectivity index (χ1) is 17.1. The monoisotopic (exact) mass is 467 g/mol. The number of fused-ring (bicyclic) bond motifs is 1. The fourth-order valence-electron chi connectivity index (χ4n) is 4.23. The van der Waals surface area contributed by atoms with Gasteiger partial charge in [0.05, 0.1) is 17.6 Å². The maximum atomic E-state index is 7.61. The number of nitrogens with zero attached hydrogens (tertiary/aromatic N) is 7. The molecular formula is C26H29N9. The summed E-state index contributed by atoms with van der Waals surface area (Å²) in [7, 11) is 0. The number of nitrogens with one attached hydrogen (secondary N) is 2. The zero-order valence-corrected chi connectivity index (χ0v) is 20.0. The van der Waals surface area contributed by atoms with Gasteiger partial charge in [0.15, 0.2) is 5.65 Å². The molecule has 35 heavy (non-hydrogen) atoms. The first kappa shape index (κ1) is 22.7. The molecule has 3 aromatic heterocycles. The third kappa shape index (κ3) is 4.90. The van der Waals surface area contributed by atoms with Crippen LogP contribution in [-0.2, 0) is 6.54 Å². The van der Waals surface area contributed by atoms with Crippen molar-refractivity contribution >= 4 is 23.9 Å². The molecule has 0 spiro atoms. The van der Waals surface area contributed by atoms with E-state index in [2.05, 4.69) is 62.5 Å². The smallest absolute Gasteiger partial charge is 0.159 e. The summed E-state index contributed by atoms with van der Waals surface area (Å²) in [6.07, 6.45) is 10.4. The second-order valence-corrected chi connectivity index (χ2v) is 8.76. The maximum Gasteiger partial charge on any atom is 0.159 e. The molecule has 0 amide bonds. The Labute approximate surface area is 204 Å². The second kappa shape index (κ2) is 10.0. The van der Waals surface area contributed by atoms with Crippen molar-refractivity contribution in [1.29, 1.82) is 5.41 Å². The van der Waals surface area contributed by atoms with Gasteiger partial charge in [-0.15, -0.1) is 0 Å². The average molecular weight is 468 g/mol. The van der Waals surface area contributed by atoms with Crippen molar-refractivity contribution in [1.82, 2.24) is 29.3 Å². The Hall–Kier alpha value is -4.11. The summed E-state index contributed by atoms with van der Waals surface area (Å²) < 4.78 is 3.76. The molecule has 0 atom stereocenters. The van der Waals surface area contributed by atoms with Gasteiger partial charge in [-0.05, 0) is 32.0 Å². The number of rotatable bonds is 9. The molecule has 1 aromatic carbocycles. The Kier molecular flexibility index (Phi) is 6.49. The molecule has 0 unspecified atom stereocenters. The fraction of sp³-hybridized carbons (Fsp3) is 0.269. The summed E-state index contributed by atoms with van der Waals surface area (Å²) in [6, 6.07) is 12.4. The highest BCUT2D eigenvalue weighted by molar-refractivity contribution is 5.76. The number of aliphatic imine (C=N–C) groups is 1. The van der Waals surface area contributed by atoms with Crippen molar-refractivity contribution in [3.05, 3.63) is 83.6 Å². The van der Waals surface area contributed by atoms with Crippen LogP contribution in [0.2, 0.25) is 0 Å². The maximum absolute atomic E-state index is 7.61. The molecule has 1 saturated heterocycles. The van der Waals surface area contributed by atoms with Crippen LogP contribution >= 0.6 is 0 Å². The van der Waals surface area contributed by atoms with Gasteiger partial charge < -0.3 is 10.7 Å². The number of hydrogen-bond acceptors (Lipinski definition) is 7. The third-order valence-electron chi connectivity index (χ3n) is 6.18. The van der Waals surface area contributed by atoms with Gasteiger partial charge in [-0.1, -0.05) is 17.7 Å². The Bertz CT molecular complexity index is 1370. The van der Waals surface area contributed by atoms with Crippen LogP contribution in [0.3, 0.4) is 0 Å². The highest BCUT2D eigenvalue weighted by Crippen LogP contribution is 2.30. The Balaban J connectivity index is 1.34. The summed E-state index contributed by atoms with van der Waals surface area (Å²) in [5, 5.41) is 20.6. The standard InChI is InChI=1S/C26H29N9/c1-3-28-13-20(12-27)16-33-17-22(18-33)24-11-25(35(32-24)23-7-5-19(2)6-8-23)30-14-21-15-31-34-10-4-9-29-26(21)34/h3-13,15,22,27,30H,14,16-18H2,1-2H3/b20-13+,27-12?,28-3?. The Morgan fingerprint density at radius 3 is 2.86 bits per heavy atom. The van der Waals surface area contributed by atoms with E-state index in [1.165, 1.54) is 11.8 Å². The van der Waals surface area contributed by atoms with Crippen LogP contribution in [-0.4, -0.2) is 61.3 Å². The molecule has 9 nitrogen and oxygen atoms in total. The van der Waals surface area contributed by atoms with Gasteiger partial charge in [0.25, 0.3) is 0 Å². The molecule has 1 aliphatic heterocycles. The molecule has 0 saturated carbocycles. The number of likely N-dealkylation sites (tertiary alicyclic amines) is 1. The van der Waals surface area contributed by atoms with Crippen molar-refractivity contribution < 1.29 is 0 Å². The molecule has 9 heteroatoms. The number of hydrogen-bond donors (Lipinski definition) is 2. The van der Waals surface area contributed by atoms with E-state index in [9.17, 15) is 0 Å². The number of benzene rings is 1. The van der Waals surface area contributed by atoms with E-state index in [1.807, 2.05) is 30.1 Å². The van der Waals surface area contributed by atoms with Crippen molar-refractivity contribution in [2.24, 2.45) is 4.99 Å². The molecule has 0 bridgehead atoms. The Morgan fingerprint density at radius 1 is 1.26 bits per heavy atom. The van der Waals surface area contributed by atoms with Crippen LogP contribution in [0.1, 0.15) is 29.7 Å². The van der Waals surface area contributed by atoms with E-state index in [1.54, 1.807) is 23.1 Å². The minimum Gasteiger partial charge on any atom is -0.366 e. The molecule has 2 N–H and O–H groups in total. The second-order valence-electron chi connectivity index (χ2n) is 8.76. The van der Waals surface area contributed by atoms with Crippen molar-refractivity contribution in [3.63, 3.8) is 0 Å². The summed E-state index contributed by atoms with van der Waals surface area (Å²) in [6.45, 7) is 7.09. The molecule has 178 valence electrons. The molecule has 1 fully saturated rings. The van der Waals surface area contributed by atoms with Crippen molar-refractivity contribution in [3.8, 4) is 5.69 Å². The summed E-state index contributed by atoms with van der Waals surface area (Å²) >= 11 is 0. The SMILES string of the molecule is CC=N/C=C(\C=N)CN1CC(c2cc(NCc3cnn4cccnc34)n(-c3ccc(C)cc3)n2)C1. The minimum absolute atomic E-state index is 0.350. The van der Waals surface area contributed by atoms with Crippen molar-refractivity contribution in [2.75, 3.05) is 25.0 Å². The van der Waals surface area contributed by atoms with E-state index in [0.717, 1.165) is 53.6 Å². The van der Waals surface area contributed by atoms with Crippen LogP contribution in [0.25, 0.3) is 11.3 Å².